The van der Waals surface area contributed by atoms with Gasteiger partial charge < -0.3 is 10.6 Å². The first-order chi connectivity index (χ1) is 7.72. The molecule has 0 aromatic carbocycles. The summed E-state index contributed by atoms with van der Waals surface area (Å²) in [6.45, 7) is 6.23. The maximum atomic E-state index is 5.63. The lowest BCUT2D eigenvalue weighted by Gasteiger charge is -2.28. The standard InChI is InChI=1S/C13H21N3/c1-10(2)12-6-4-8-16(12)13-7-3-5-11(9-14)15-13/h3,5,7,10,12H,4,6,8-9,14H2,1-2H3. The van der Waals surface area contributed by atoms with Crippen LogP contribution in [0.5, 0.6) is 0 Å². The molecular weight excluding hydrogens is 198 g/mol. The highest BCUT2D eigenvalue weighted by Crippen LogP contribution is 2.28. The maximum Gasteiger partial charge on any atom is 0.129 e. The van der Waals surface area contributed by atoms with Gasteiger partial charge in [-0.15, -0.1) is 0 Å². The number of hydrogen-bond acceptors (Lipinski definition) is 3. The van der Waals surface area contributed by atoms with Crippen molar-refractivity contribution in [3.05, 3.63) is 23.9 Å². The van der Waals surface area contributed by atoms with Gasteiger partial charge in [0.25, 0.3) is 0 Å². The zero-order chi connectivity index (χ0) is 11.5. The summed E-state index contributed by atoms with van der Waals surface area (Å²) in [7, 11) is 0. The molecule has 3 nitrogen and oxygen atoms in total. The average Bonchev–Trinajstić information content (AvgIpc) is 2.78. The van der Waals surface area contributed by atoms with Gasteiger partial charge in [-0.25, -0.2) is 4.98 Å². The van der Waals surface area contributed by atoms with Crippen molar-refractivity contribution >= 4 is 5.82 Å². The van der Waals surface area contributed by atoms with Crippen LogP contribution in [0, 0.1) is 5.92 Å². The highest BCUT2D eigenvalue weighted by Gasteiger charge is 2.27. The Morgan fingerprint density at radius 3 is 3.00 bits per heavy atom. The van der Waals surface area contributed by atoms with Gasteiger partial charge in [-0.05, 0) is 30.9 Å². The number of nitrogens with two attached hydrogens (primary N) is 1. The van der Waals surface area contributed by atoms with E-state index < -0.39 is 0 Å². The SMILES string of the molecule is CC(C)C1CCCN1c1cccc(CN)n1. The molecule has 0 amide bonds. The van der Waals surface area contributed by atoms with Crippen molar-refractivity contribution < 1.29 is 0 Å². The van der Waals surface area contributed by atoms with Gasteiger partial charge in [0.15, 0.2) is 0 Å². The fourth-order valence-electron chi connectivity index (χ4n) is 2.51. The quantitative estimate of drug-likeness (QED) is 0.847. The minimum Gasteiger partial charge on any atom is -0.353 e. The molecule has 0 saturated carbocycles. The third-order valence-electron chi connectivity index (χ3n) is 3.36. The summed E-state index contributed by atoms with van der Waals surface area (Å²) in [6.07, 6.45) is 2.56. The fraction of sp³-hybridized carbons (Fsp3) is 0.615. The van der Waals surface area contributed by atoms with E-state index in [1.807, 2.05) is 6.07 Å². The van der Waals surface area contributed by atoms with Crippen molar-refractivity contribution in [1.82, 2.24) is 4.98 Å². The van der Waals surface area contributed by atoms with Crippen LogP contribution >= 0.6 is 0 Å². The third kappa shape index (κ3) is 2.19. The highest BCUT2D eigenvalue weighted by molar-refractivity contribution is 5.42. The summed E-state index contributed by atoms with van der Waals surface area (Å²) < 4.78 is 0. The van der Waals surface area contributed by atoms with Crippen molar-refractivity contribution in [3.63, 3.8) is 0 Å². The van der Waals surface area contributed by atoms with Crippen LogP contribution < -0.4 is 10.6 Å². The molecule has 1 fully saturated rings. The molecule has 0 aliphatic carbocycles. The molecule has 1 atom stereocenters. The summed E-state index contributed by atoms with van der Waals surface area (Å²) in [5, 5.41) is 0. The molecule has 2 rings (SSSR count). The summed E-state index contributed by atoms with van der Waals surface area (Å²) >= 11 is 0. The molecule has 0 spiro atoms. The van der Waals surface area contributed by atoms with E-state index in [2.05, 4.69) is 35.9 Å². The molecule has 1 aliphatic rings. The van der Waals surface area contributed by atoms with E-state index in [0.717, 1.165) is 18.1 Å². The van der Waals surface area contributed by atoms with Crippen LogP contribution in [0.3, 0.4) is 0 Å². The Morgan fingerprint density at radius 2 is 2.31 bits per heavy atom. The molecule has 1 aromatic rings. The summed E-state index contributed by atoms with van der Waals surface area (Å²) in [4.78, 5) is 7.04. The second-order valence-electron chi connectivity index (χ2n) is 4.84. The smallest absolute Gasteiger partial charge is 0.129 e. The van der Waals surface area contributed by atoms with Crippen molar-refractivity contribution in [1.29, 1.82) is 0 Å². The molecule has 1 aromatic heterocycles. The Kier molecular flexibility index (Phi) is 3.44. The van der Waals surface area contributed by atoms with Crippen LogP contribution in [0.1, 0.15) is 32.4 Å². The zero-order valence-corrected chi connectivity index (χ0v) is 10.2. The van der Waals surface area contributed by atoms with E-state index in [-0.39, 0.29) is 0 Å². The Hall–Kier alpha value is -1.09. The van der Waals surface area contributed by atoms with E-state index in [0.29, 0.717) is 18.5 Å². The summed E-state index contributed by atoms with van der Waals surface area (Å²) in [6, 6.07) is 6.78. The average molecular weight is 219 g/mol. The lowest BCUT2D eigenvalue weighted by atomic mass is 10.0. The van der Waals surface area contributed by atoms with Crippen LogP contribution in [0.2, 0.25) is 0 Å². The second-order valence-corrected chi connectivity index (χ2v) is 4.84. The molecule has 2 N–H and O–H groups in total. The first-order valence-corrected chi connectivity index (χ1v) is 6.15. The molecule has 1 unspecified atom stereocenters. The molecule has 3 heteroatoms. The van der Waals surface area contributed by atoms with E-state index in [9.17, 15) is 0 Å². The normalized spacial score (nSPS) is 20.8. The minimum atomic E-state index is 0.522. The number of aromatic nitrogens is 1. The zero-order valence-electron chi connectivity index (χ0n) is 10.2. The summed E-state index contributed by atoms with van der Waals surface area (Å²) in [5.41, 5.74) is 6.61. The van der Waals surface area contributed by atoms with Crippen LogP contribution in [-0.4, -0.2) is 17.6 Å². The van der Waals surface area contributed by atoms with E-state index in [1.165, 1.54) is 12.8 Å². The van der Waals surface area contributed by atoms with Crippen molar-refractivity contribution in [3.8, 4) is 0 Å². The van der Waals surface area contributed by atoms with Gasteiger partial charge in [-0.1, -0.05) is 19.9 Å². The van der Waals surface area contributed by atoms with Crippen molar-refractivity contribution in [2.24, 2.45) is 11.7 Å². The van der Waals surface area contributed by atoms with Gasteiger partial charge in [0.2, 0.25) is 0 Å². The van der Waals surface area contributed by atoms with Gasteiger partial charge in [0.05, 0.1) is 5.69 Å². The third-order valence-corrected chi connectivity index (χ3v) is 3.36. The molecule has 0 radical (unpaired) electrons. The number of nitrogens with zero attached hydrogens (tertiary/aromatic N) is 2. The van der Waals surface area contributed by atoms with Crippen LogP contribution in [0.4, 0.5) is 5.82 Å². The topological polar surface area (TPSA) is 42.1 Å². The predicted octanol–water partition coefficient (Wildman–Crippen LogP) is 2.17. The lowest BCUT2D eigenvalue weighted by Crippen LogP contribution is -2.34. The van der Waals surface area contributed by atoms with Gasteiger partial charge in [-0.3, -0.25) is 0 Å². The molecule has 16 heavy (non-hydrogen) atoms. The second kappa shape index (κ2) is 4.83. The monoisotopic (exact) mass is 219 g/mol. The minimum absolute atomic E-state index is 0.522. The highest BCUT2D eigenvalue weighted by atomic mass is 15.2. The number of anilines is 1. The Morgan fingerprint density at radius 1 is 1.50 bits per heavy atom. The van der Waals surface area contributed by atoms with E-state index in [4.69, 9.17) is 5.73 Å². The number of pyridine rings is 1. The molecule has 88 valence electrons. The Balaban J connectivity index is 2.22. The largest absolute Gasteiger partial charge is 0.353 e. The number of rotatable bonds is 3. The first kappa shape index (κ1) is 11.4. The predicted molar refractivity (Wildman–Crippen MR) is 67.3 cm³/mol. The Labute approximate surface area is 97.7 Å². The number of hydrogen-bond donors (Lipinski definition) is 1. The van der Waals surface area contributed by atoms with Crippen LogP contribution in [0.25, 0.3) is 0 Å². The molecule has 1 saturated heterocycles. The van der Waals surface area contributed by atoms with E-state index >= 15 is 0 Å². The van der Waals surface area contributed by atoms with E-state index in [1.54, 1.807) is 0 Å². The Bertz CT molecular complexity index is 349. The van der Waals surface area contributed by atoms with Gasteiger partial charge in [-0.2, -0.15) is 0 Å². The first-order valence-electron chi connectivity index (χ1n) is 6.15. The van der Waals surface area contributed by atoms with Crippen molar-refractivity contribution in [2.75, 3.05) is 11.4 Å². The lowest BCUT2D eigenvalue weighted by molar-refractivity contribution is 0.489. The molecule has 2 heterocycles. The van der Waals surface area contributed by atoms with Crippen LogP contribution in [-0.2, 0) is 6.54 Å². The van der Waals surface area contributed by atoms with Gasteiger partial charge in [0, 0.05) is 19.1 Å². The molecule has 0 bridgehead atoms. The van der Waals surface area contributed by atoms with Gasteiger partial charge in [0.1, 0.15) is 5.82 Å². The van der Waals surface area contributed by atoms with Crippen molar-refractivity contribution in [2.45, 2.75) is 39.3 Å². The van der Waals surface area contributed by atoms with Gasteiger partial charge >= 0.3 is 0 Å². The summed E-state index contributed by atoms with van der Waals surface area (Å²) in [5.74, 6) is 1.78. The van der Waals surface area contributed by atoms with Crippen LogP contribution in [0.15, 0.2) is 18.2 Å². The molecule has 1 aliphatic heterocycles. The molecular formula is C13H21N3. The maximum absolute atomic E-state index is 5.63. The fourth-order valence-corrected chi connectivity index (χ4v) is 2.51.